The Hall–Kier alpha value is -1.97. The van der Waals surface area contributed by atoms with Crippen molar-refractivity contribution in [3.05, 3.63) is 48.3 Å². The summed E-state index contributed by atoms with van der Waals surface area (Å²) >= 11 is 0. The third-order valence-electron chi connectivity index (χ3n) is 1.96. The van der Waals surface area contributed by atoms with Crippen molar-refractivity contribution in [2.24, 2.45) is 4.99 Å². The van der Waals surface area contributed by atoms with Crippen LogP contribution in [-0.2, 0) is 6.42 Å². The van der Waals surface area contributed by atoms with E-state index in [9.17, 15) is 0 Å². The minimum absolute atomic E-state index is 0.734. The van der Waals surface area contributed by atoms with E-state index in [2.05, 4.69) is 19.9 Å². The van der Waals surface area contributed by atoms with Crippen LogP contribution in [0.5, 0.6) is 0 Å². The number of aromatic amines is 1. The molecule has 15 heavy (non-hydrogen) atoms. The molecule has 2 aromatic heterocycles. The number of H-pyrrole nitrogens is 1. The molecule has 0 spiro atoms. The van der Waals surface area contributed by atoms with Gasteiger partial charge in [0.25, 0.3) is 0 Å². The first-order chi connectivity index (χ1) is 7.45. The summed E-state index contributed by atoms with van der Waals surface area (Å²) in [6, 6.07) is 5.90. The van der Waals surface area contributed by atoms with Gasteiger partial charge in [0.2, 0.25) is 0 Å². The number of nitrogens with one attached hydrogen (secondary N) is 1. The summed E-state index contributed by atoms with van der Waals surface area (Å²) < 4.78 is 0. The fourth-order valence-corrected chi connectivity index (χ4v) is 1.22. The normalized spacial score (nSPS) is 10.9. The molecule has 2 rings (SSSR count). The SMILES string of the molecule is C(=NCCc1ccccn1)c1ncc[nH]1. The molecule has 0 radical (unpaired) electrons. The van der Waals surface area contributed by atoms with Crippen LogP contribution in [0.15, 0.2) is 41.8 Å². The van der Waals surface area contributed by atoms with Crippen molar-refractivity contribution < 1.29 is 0 Å². The van der Waals surface area contributed by atoms with E-state index >= 15 is 0 Å². The number of aliphatic imine (C=N–C) groups is 1. The molecular weight excluding hydrogens is 188 g/mol. The Bertz CT molecular complexity index is 405. The van der Waals surface area contributed by atoms with Gasteiger partial charge in [0.1, 0.15) is 5.82 Å². The van der Waals surface area contributed by atoms with Crippen molar-refractivity contribution in [1.29, 1.82) is 0 Å². The molecule has 2 aromatic rings. The van der Waals surface area contributed by atoms with E-state index in [1.165, 1.54) is 0 Å². The zero-order chi connectivity index (χ0) is 10.3. The lowest BCUT2D eigenvalue weighted by atomic mass is 10.3. The summed E-state index contributed by atoms with van der Waals surface area (Å²) in [7, 11) is 0. The Labute approximate surface area is 88.1 Å². The molecule has 2 heterocycles. The lowest BCUT2D eigenvalue weighted by Gasteiger charge is -1.94. The third kappa shape index (κ3) is 3.02. The molecule has 0 unspecified atom stereocenters. The molecule has 0 saturated heterocycles. The van der Waals surface area contributed by atoms with Gasteiger partial charge in [0.05, 0.1) is 6.21 Å². The highest BCUT2D eigenvalue weighted by Crippen LogP contribution is 1.94. The van der Waals surface area contributed by atoms with Gasteiger partial charge in [-0.15, -0.1) is 0 Å². The van der Waals surface area contributed by atoms with Crippen LogP contribution in [0.3, 0.4) is 0 Å². The van der Waals surface area contributed by atoms with Gasteiger partial charge in [-0.25, -0.2) is 4.98 Å². The topological polar surface area (TPSA) is 53.9 Å². The van der Waals surface area contributed by atoms with Crippen molar-refractivity contribution in [3.8, 4) is 0 Å². The smallest absolute Gasteiger partial charge is 0.147 e. The molecule has 76 valence electrons. The summed E-state index contributed by atoms with van der Waals surface area (Å²) in [5.41, 5.74) is 1.06. The molecule has 1 N–H and O–H groups in total. The maximum Gasteiger partial charge on any atom is 0.147 e. The second-order valence-electron chi connectivity index (χ2n) is 3.08. The summed E-state index contributed by atoms with van der Waals surface area (Å²) in [5.74, 6) is 0.788. The molecule has 0 aliphatic carbocycles. The first kappa shape index (κ1) is 9.58. The molecular formula is C11H12N4. The van der Waals surface area contributed by atoms with Crippen LogP contribution < -0.4 is 0 Å². The Kier molecular flexibility index (Phi) is 3.22. The minimum Gasteiger partial charge on any atom is -0.344 e. The van der Waals surface area contributed by atoms with Gasteiger partial charge in [-0.1, -0.05) is 6.07 Å². The van der Waals surface area contributed by atoms with E-state index in [0.29, 0.717) is 0 Å². The van der Waals surface area contributed by atoms with Crippen molar-refractivity contribution in [3.63, 3.8) is 0 Å². The highest BCUT2D eigenvalue weighted by molar-refractivity contribution is 5.74. The van der Waals surface area contributed by atoms with E-state index in [-0.39, 0.29) is 0 Å². The quantitative estimate of drug-likeness (QED) is 0.760. The van der Waals surface area contributed by atoms with Crippen LogP contribution in [0.1, 0.15) is 11.5 Å². The molecule has 0 aliphatic heterocycles. The van der Waals surface area contributed by atoms with E-state index in [1.54, 1.807) is 24.8 Å². The van der Waals surface area contributed by atoms with Crippen LogP contribution in [0.25, 0.3) is 0 Å². The van der Waals surface area contributed by atoms with E-state index < -0.39 is 0 Å². The molecule has 0 aliphatic rings. The number of aromatic nitrogens is 3. The van der Waals surface area contributed by atoms with Crippen LogP contribution >= 0.6 is 0 Å². The molecule has 4 nitrogen and oxygen atoms in total. The largest absolute Gasteiger partial charge is 0.344 e. The fourth-order valence-electron chi connectivity index (χ4n) is 1.22. The maximum atomic E-state index is 4.25. The van der Waals surface area contributed by atoms with Crippen LogP contribution in [0.4, 0.5) is 0 Å². The second-order valence-corrected chi connectivity index (χ2v) is 3.08. The first-order valence-corrected chi connectivity index (χ1v) is 4.84. The molecule has 0 aromatic carbocycles. The van der Waals surface area contributed by atoms with Crippen LogP contribution in [-0.4, -0.2) is 27.7 Å². The van der Waals surface area contributed by atoms with Crippen molar-refractivity contribution in [2.75, 3.05) is 6.54 Å². The molecule has 0 amide bonds. The van der Waals surface area contributed by atoms with Gasteiger partial charge in [-0.2, -0.15) is 0 Å². The molecule has 0 fully saturated rings. The van der Waals surface area contributed by atoms with E-state index in [1.807, 2.05) is 18.2 Å². The number of rotatable bonds is 4. The highest BCUT2D eigenvalue weighted by atomic mass is 14.9. The van der Waals surface area contributed by atoms with Crippen molar-refractivity contribution in [1.82, 2.24) is 15.0 Å². The predicted octanol–water partition coefficient (Wildman–Crippen LogP) is 1.47. The van der Waals surface area contributed by atoms with Gasteiger partial charge in [-0.3, -0.25) is 9.98 Å². The van der Waals surface area contributed by atoms with Gasteiger partial charge >= 0.3 is 0 Å². The Morgan fingerprint density at radius 2 is 2.27 bits per heavy atom. The molecule has 0 atom stereocenters. The standard InChI is InChI=1S/C11H12N4/c1-2-5-13-10(3-1)4-6-12-9-11-14-7-8-15-11/h1-3,5,7-9H,4,6H2,(H,14,15). The number of imidazole rings is 1. The first-order valence-electron chi connectivity index (χ1n) is 4.84. The minimum atomic E-state index is 0.734. The second kappa shape index (κ2) is 5.05. The van der Waals surface area contributed by atoms with Crippen LogP contribution in [0.2, 0.25) is 0 Å². The van der Waals surface area contributed by atoms with Gasteiger partial charge in [0, 0.05) is 37.3 Å². The zero-order valence-electron chi connectivity index (χ0n) is 8.30. The summed E-state index contributed by atoms with van der Waals surface area (Å²) in [5, 5.41) is 0. The van der Waals surface area contributed by atoms with Crippen molar-refractivity contribution in [2.45, 2.75) is 6.42 Å². The van der Waals surface area contributed by atoms with E-state index in [0.717, 1.165) is 24.5 Å². The summed E-state index contributed by atoms with van der Waals surface area (Å²) in [6.07, 6.45) is 7.88. The lowest BCUT2D eigenvalue weighted by Crippen LogP contribution is -1.93. The summed E-state index contributed by atoms with van der Waals surface area (Å²) in [4.78, 5) is 15.5. The van der Waals surface area contributed by atoms with Crippen LogP contribution in [0, 0.1) is 0 Å². The number of hydrogen-bond acceptors (Lipinski definition) is 3. The van der Waals surface area contributed by atoms with Gasteiger partial charge < -0.3 is 4.98 Å². The lowest BCUT2D eigenvalue weighted by molar-refractivity contribution is 0.926. The molecule has 0 saturated carbocycles. The maximum absolute atomic E-state index is 4.25. The van der Waals surface area contributed by atoms with Gasteiger partial charge in [-0.05, 0) is 12.1 Å². The zero-order valence-corrected chi connectivity index (χ0v) is 8.30. The molecule has 4 heteroatoms. The fraction of sp³-hybridized carbons (Fsp3) is 0.182. The Morgan fingerprint density at radius 1 is 1.27 bits per heavy atom. The van der Waals surface area contributed by atoms with Gasteiger partial charge in [0.15, 0.2) is 0 Å². The van der Waals surface area contributed by atoms with Crippen molar-refractivity contribution >= 4 is 6.21 Å². The van der Waals surface area contributed by atoms with E-state index in [4.69, 9.17) is 0 Å². The highest BCUT2D eigenvalue weighted by Gasteiger charge is 1.91. The predicted molar refractivity (Wildman–Crippen MR) is 59.0 cm³/mol. The number of hydrogen-bond donors (Lipinski definition) is 1. The number of pyridine rings is 1. The average Bonchev–Trinajstić information content (AvgIpc) is 2.79. The monoisotopic (exact) mass is 200 g/mol. The summed E-state index contributed by atoms with van der Waals surface area (Å²) in [6.45, 7) is 0.734. The molecule has 0 bridgehead atoms. The average molecular weight is 200 g/mol. The number of nitrogens with zero attached hydrogens (tertiary/aromatic N) is 3. The Balaban J connectivity index is 1.80. The third-order valence-corrected chi connectivity index (χ3v) is 1.96. The Morgan fingerprint density at radius 3 is 3.00 bits per heavy atom.